The minimum absolute atomic E-state index is 0.236. The number of aromatic nitrogens is 1. The van der Waals surface area contributed by atoms with Crippen LogP contribution in [0.2, 0.25) is 0 Å². The molecule has 0 aliphatic carbocycles. The lowest BCUT2D eigenvalue weighted by Gasteiger charge is -2.22. The highest BCUT2D eigenvalue weighted by atomic mass is 19.1. The van der Waals surface area contributed by atoms with Crippen LogP contribution in [0, 0.1) is 19.7 Å². The van der Waals surface area contributed by atoms with E-state index in [0.717, 1.165) is 28.1 Å². The van der Waals surface area contributed by atoms with Gasteiger partial charge in [-0.3, -0.25) is 9.98 Å². The van der Waals surface area contributed by atoms with E-state index in [9.17, 15) is 4.39 Å². The van der Waals surface area contributed by atoms with Gasteiger partial charge in [-0.25, -0.2) is 4.39 Å². The molecule has 2 rings (SSSR count). The number of aryl methyl sites for hydroxylation is 1. The molecule has 0 bridgehead atoms. The molecule has 134 valence electrons. The maximum absolute atomic E-state index is 13.3. The fourth-order valence-corrected chi connectivity index (χ4v) is 2.78. The number of methoxy groups -OCH3 is 1. The Morgan fingerprint density at radius 3 is 2.76 bits per heavy atom. The van der Waals surface area contributed by atoms with Crippen LogP contribution < -0.4 is 10.1 Å². The van der Waals surface area contributed by atoms with Crippen LogP contribution in [0.3, 0.4) is 0 Å². The monoisotopic (exact) mass is 344 g/mol. The van der Waals surface area contributed by atoms with Gasteiger partial charge in [-0.15, -0.1) is 0 Å². The van der Waals surface area contributed by atoms with Crippen LogP contribution in [-0.4, -0.2) is 37.0 Å². The highest BCUT2D eigenvalue weighted by molar-refractivity contribution is 5.79. The van der Waals surface area contributed by atoms with Crippen molar-refractivity contribution < 1.29 is 9.13 Å². The molecule has 0 aliphatic rings. The Hall–Kier alpha value is -2.63. The predicted molar refractivity (Wildman–Crippen MR) is 98.3 cm³/mol. The molecule has 0 saturated carbocycles. The van der Waals surface area contributed by atoms with E-state index < -0.39 is 0 Å². The van der Waals surface area contributed by atoms with Crippen molar-refractivity contribution >= 4 is 5.96 Å². The van der Waals surface area contributed by atoms with E-state index in [2.05, 4.69) is 15.3 Å². The predicted octanol–water partition coefficient (Wildman–Crippen LogP) is 3.05. The van der Waals surface area contributed by atoms with Crippen LogP contribution in [-0.2, 0) is 13.1 Å². The summed E-state index contributed by atoms with van der Waals surface area (Å²) in [6, 6.07) is 6.57. The number of halogens is 1. The lowest BCUT2D eigenvalue weighted by atomic mass is 10.1. The van der Waals surface area contributed by atoms with Crippen molar-refractivity contribution in [3.63, 3.8) is 0 Å². The first-order valence-corrected chi connectivity index (χ1v) is 8.11. The summed E-state index contributed by atoms with van der Waals surface area (Å²) in [7, 11) is 5.30. The zero-order valence-corrected chi connectivity index (χ0v) is 15.4. The Bertz CT molecular complexity index is 761. The van der Waals surface area contributed by atoms with E-state index in [4.69, 9.17) is 4.74 Å². The molecule has 0 radical (unpaired) electrons. The summed E-state index contributed by atoms with van der Waals surface area (Å²) in [4.78, 5) is 10.7. The maximum Gasteiger partial charge on any atom is 0.194 e. The number of hydrogen-bond acceptors (Lipinski definition) is 3. The van der Waals surface area contributed by atoms with Gasteiger partial charge in [0.25, 0.3) is 0 Å². The average molecular weight is 344 g/mol. The number of rotatable bonds is 5. The Morgan fingerprint density at radius 2 is 2.12 bits per heavy atom. The number of pyridine rings is 1. The van der Waals surface area contributed by atoms with E-state index in [0.29, 0.717) is 19.0 Å². The van der Waals surface area contributed by atoms with Gasteiger partial charge in [0.2, 0.25) is 0 Å². The number of nitrogens with zero attached hydrogens (tertiary/aromatic N) is 3. The van der Waals surface area contributed by atoms with Crippen LogP contribution in [0.4, 0.5) is 4.39 Å². The number of nitrogens with one attached hydrogen (secondary N) is 1. The molecule has 1 heterocycles. The van der Waals surface area contributed by atoms with Crippen molar-refractivity contribution in [3.05, 3.63) is 58.7 Å². The average Bonchev–Trinajstić information content (AvgIpc) is 2.57. The van der Waals surface area contributed by atoms with Crippen LogP contribution in [0.5, 0.6) is 5.75 Å². The van der Waals surface area contributed by atoms with Gasteiger partial charge in [0, 0.05) is 38.0 Å². The molecular weight excluding hydrogens is 319 g/mol. The smallest absolute Gasteiger partial charge is 0.194 e. The molecule has 0 unspecified atom stereocenters. The summed E-state index contributed by atoms with van der Waals surface area (Å²) in [6.07, 6.45) is 1.81. The minimum Gasteiger partial charge on any atom is -0.496 e. The third kappa shape index (κ3) is 4.68. The zero-order chi connectivity index (χ0) is 18.4. The molecule has 0 amide bonds. The van der Waals surface area contributed by atoms with Crippen molar-refractivity contribution in [2.24, 2.45) is 4.99 Å². The zero-order valence-electron chi connectivity index (χ0n) is 15.4. The third-order valence-electron chi connectivity index (χ3n) is 4.05. The second kappa shape index (κ2) is 8.46. The summed E-state index contributed by atoms with van der Waals surface area (Å²) in [5, 5.41) is 3.30. The highest BCUT2D eigenvalue weighted by Gasteiger charge is 2.12. The van der Waals surface area contributed by atoms with Crippen molar-refractivity contribution in [3.8, 4) is 5.75 Å². The normalized spacial score (nSPS) is 11.4. The topological polar surface area (TPSA) is 49.8 Å². The summed E-state index contributed by atoms with van der Waals surface area (Å²) >= 11 is 0. The number of benzene rings is 1. The number of aliphatic imine (C=N–C) groups is 1. The van der Waals surface area contributed by atoms with Gasteiger partial charge in [-0.1, -0.05) is 12.1 Å². The quantitative estimate of drug-likeness (QED) is 0.669. The Kier molecular flexibility index (Phi) is 6.33. The Balaban J connectivity index is 2.05. The molecule has 0 aliphatic heterocycles. The first-order chi connectivity index (χ1) is 12.0. The fraction of sp³-hybridized carbons (Fsp3) is 0.368. The van der Waals surface area contributed by atoms with Crippen molar-refractivity contribution in [2.75, 3.05) is 21.2 Å². The molecule has 25 heavy (non-hydrogen) atoms. The SMILES string of the molecule is CN=C(NCc1ncc(C)c(OC)c1C)N(C)Cc1cccc(F)c1. The number of ether oxygens (including phenoxy) is 1. The van der Waals surface area contributed by atoms with E-state index in [1.165, 1.54) is 12.1 Å². The molecule has 2 aromatic rings. The molecule has 5 nitrogen and oxygen atoms in total. The van der Waals surface area contributed by atoms with Gasteiger partial charge in [-0.05, 0) is 31.5 Å². The second-order valence-electron chi connectivity index (χ2n) is 5.93. The Morgan fingerprint density at radius 1 is 1.36 bits per heavy atom. The highest BCUT2D eigenvalue weighted by Crippen LogP contribution is 2.23. The van der Waals surface area contributed by atoms with E-state index in [1.807, 2.05) is 38.1 Å². The van der Waals surface area contributed by atoms with Gasteiger partial charge >= 0.3 is 0 Å². The van der Waals surface area contributed by atoms with Crippen LogP contribution in [0.25, 0.3) is 0 Å². The largest absolute Gasteiger partial charge is 0.496 e. The standard InChI is InChI=1S/C19H25FN4O/c1-13-10-22-17(14(2)18(13)25-5)11-23-19(21-3)24(4)12-15-7-6-8-16(20)9-15/h6-10H,11-12H2,1-5H3,(H,21,23). The minimum atomic E-state index is -0.236. The summed E-state index contributed by atoms with van der Waals surface area (Å²) in [5.41, 5.74) is 3.81. The van der Waals surface area contributed by atoms with Crippen LogP contribution >= 0.6 is 0 Å². The summed E-state index contributed by atoms with van der Waals surface area (Å²) < 4.78 is 18.8. The summed E-state index contributed by atoms with van der Waals surface area (Å²) in [6.45, 7) is 5.06. The van der Waals surface area contributed by atoms with Gasteiger partial charge in [0.1, 0.15) is 11.6 Å². The summed E-state index contributed by atoms with van der Waals surface area (Å²) in [5.74, 6) is 1.33. The molecule has 6 heteroatoms. The number of guanidine groups is 1. The van der Waals surface area contributed by atoms with E-state index >= 15 is 0 Å². The van der Waals surface area contributed by atoms with Gasteiger partial charge < -0.3 is 15.0 Å². The van der Waals surface area contributed by atoms with E-state index in [1.54, 1.807) is 20.2 Å². The van der Waals surface area contributed by atoms with Crippen LogP contribution in [0.15, 0.2) is 35.5 Å². The second-order valence-corrected chi connectivity index (χ2v) is 5.93. The van der Waals surface area contributed by atoms with Gasteiger partial charge in [0.15, 0.2) is 5.96 Å². The lowest BCUT2D eigenvalue weighted by molar-refractivity contribution is 0.406. The molecule has 0 fully saturated rings. The third-order valence-corrected chi connectivity index (χ3v) is 4.05. The molecule has 0 atom stereocenters. The van der Waals surface area contributed by atoms with Crippen molar-refractivity contribution in [1.29, 1.82) is 0 Å². The van der Waals surface area contributed by atoms with E-state index in [-0.39, 0.29) is 5.82 Å². The first-order valence-electron chi connectivity index (χ1n) is 8.11. The van der Waals surface area contributed by atoms with Gasteiger partial charge in [0.05, 0.1) is 19.3 Å². The maximum atomic E-state index is 13.3. The van der Waals surface area contributed by atoms with Crippen LogP contribution in [0.1, 0.15) is 22.4 Å². The fourth-order valence-electron chi connectivity index (χ4n) is 2.78. The molecule has 1 N–H and O–H groups in total. The molecular formula is C19H25FN4O. The first kappa shape index (κ1) is 18.7. The van der Waals surface area contributed by atoms with Gasteiger partial charge in [-0.2, -0.15) is 0 Å². The molecule has 0 saturated heterocycles. The lowest BCUT2D eigenvalue weighted by Crippen LogP contribution is -2.38. The molecule has 1 aromatic carbocycles. The molecule has 1 aromatic heterocycles. The van der Waals surface area contributed by atoms with Crippen molar-refractivity contribution in [1.82, 2.24) is 15.2 Å². The molecule has 0 spiro atoms. The van der Waals surface area contributed by atoms with Crippen molar-refractivity contribution in [2.45, 2.75) is 26.9 Å². The Labute approximate surface area is 148 Å². The number of hydrogen-bond donors (Lipinski definition) is 1.